The molecule has 4 nitrogen and oxygen atoms in total. The van der Waals surface area contributed by atoms with Gasteiger partial charge in [0.25, 0.3) is 0 Å². The molecule has 2 aromatic carbocycles. The van der Waals surface area contributed by atoms with Gasteiger partial charge in [0.1, 0.15) is 5.60 Å². The molecular weight excluding hydrogens is 481 g/mol. The summed E-state index contributed by atoms with van der Waals surface area (Å²) >= 11 is 18.9. The number of hydrogen-bond donors (Lipinski definition) is 0. The first-order chi connectivity index (χ1) is 15.5. The number of carbonyl (C=O) groups excluding carboxylic acids is 2. The molecule has 33 heavy (non-hydrogen) atoms. The summed E-state index contributed by atoms with van der Waals surface area (Å²) in [5.74, 6) is -1.05. The number of nitrogens with zero attached hydrogens (tertiary/aromatic N) is 1. The van der Waals surface area contributed by atoms with Gasteiger partial charge in [-0.15, -0.1) is 0 Å². The predicted molar refractivity (Wildman–Crippen MR) is 132 cm³/mol. The van der Waals surface area contributed by atoms with Crippen LogP contribution in [0.3, 0.4) is 0 Å². The van der Waals surface area contributed by atoms with Crippen molar-refractivity contribution in [3.05, 3.63) is 80.8 Å². The van der Waals surface area contributed by atoms with Gasteiger partial charge in [-0.3, -0.25) is 4.79 Å². The Bertz CT molecular complexity index is 1110. The predicted octanol–water partition coefficient (Wildman–Crippen LogP) is 7.48. The van der Waals surface area contributed by atoms with E-state index in [0.29, 0.717) is 15.1 Å². The Balaban J connectivity index is 1.80. The molecule has 0 spiro atoms. The monoisotopic (exact) mass is 505 g/mol. The van der Waals surface area contributed by atoms with Gasteiger partial charge in [-0.05, 0) is 63.1 Å². The van der Waals surface area contributed by atoms with Gasteiger partial charge in [0.05, 0.1) is 5.92 Å². The Morgan fingerprint density at radius 1 is 0.939 bits per heavy atom. The molecule has 5 atom stereocenters. The summed E-state index contributed by atoms with van der Waals surface area (Å²) in [4.78, 5) is 27.6. The van der Waals surface area contributed by atoms with Crippen molar-refractivity contribution in [3.8, 4) is 0 Å². The van der Waals surface area contributed by atoms with E-state index in [4.69, 9.17) is 39.5 Å². The average molecular weight is 507 g/mol. The average Bonchev–Trinajstić information content (AvgIpc) is 2.97. The van der Waals surface area contributed by atoms with Gasteiger partial charge >= 0.3 is 6.09 Å². The molecule has 0 aromatic heterocycles. The van der Waals surface area contributed by atoms with Gasteiger partial charge in [0, 0.05) is 38.9 Å². The molecule has 7 heteroatoms. The minimum atomic E-state index is -0.699. The summed E-state index contributed by atoms with van der Waals surface area (Å²) in [7, 11) is 0. The smallest absolute Gasteiger partial charge is 0.417 e. The van der Waals surface area contributed by atoms with Crippen molar-refractivity contribution in [2.45, 2.75) is 51.2 Å². The molecule has 1 heterocycles. The molecule has 0 N–H and O–H groups in total. The maximum absolute atomic E-state index is 13.4. The second-order valence-electron chi connectivity index (χ2n) is 9.69. The zero-order valence-electron chi connectivity index (χ0n) is 18.9. The summed E-state index contributed by atoms with van der Waals surface area (Å²) in [6.45, 7) is 7.28. The number of benzene rings is 2. The van der Waals surface area contributed by atoms with Crippen LogP contribution < -0.4 is 0 Å². The number of allylic oxidation sites excluding steroid dienone is 1. The topological polar surface area (TPSA) is 46.6 Å². The molecule has 0 radical (unpaired) electrons. The van der Waals surface area contributed by atoms with E-state index in [1.165, 1.54) is 4.90 Å². The number of halogens is 3. The van der Waals surface area contributed by atoms with Crippen LogP contribution in [0.2, 0.25) is 15.1 Å². The van der Waals surface area contributed by atoms with Crippen LogP contribution in [0.4, 0.5) is 4.79 Å². The first kappa shape index (κ1) is 24.1. The maximum atomic E-state index is 13.4. The summed E-state index contributed by atoms with van der Waals surface area (Å²) < 4.78 is 5.56. The van der Waals surface area contributed by atoms with Crippen molar-refractivity contribution < 1.29 is 14.3 Å². The van der Waals surface area contributed by atoms with E-state index in [1.807, 2.05) is 55.5 Å². The summed E-state index contributed by atoms with van der Waals surface area (Å²) in [6, 6.07) is 12.8. The number of amides is 2. The standard InChI is InChI=1S/C26H26Cl3NO3/c1-14-22-20(24(31)30(14)25(32)33-26(2,3)4)12-11-19(18-10-9-17(28)13-21(18)29)23(22)15-5-7-16(27)8-6-15/h5-14,19-20,22-23H,1-4H3/t14-,19+,20-,22-,23+/m1/s1. The van der Waals surface area contributed by atoms with Crippen LogP contribution in [0.15, 0.2) is 54.6 Å². The van der Waals surface area contributed by atoms with E-state index >= 15 is 0 Å². The molecule has 2 aromatic rings. The van der Waals surface area contributed by atoms with E-state index < -0.39 is 17.6 Å². The lowest BCUT2D eigenvalue weighted by atomic mass is 9.65. The van der Waals surface area contributed by atoms with Crippen molar-refractivity contribution in [3.63, 3.8) is 0 Å². The number of carbonyl (C=O) groups is 2. The fourth-order valence-corrected chi connectivity index (χ4v) is 5.74. The van der Waals surface area contributed by atoms with E-state index in [-0.39, 0.29) is 29.7 Å². The highest BCUT2D eigenvalue weighted by molar-refractivity contribution is 6.35. The van der Waals surface area contributed by atoms with Crippen molar-refractivity contribution in [2.75, 3.05) is 0 Å². The summed E-state index contributed by atoms with van der Waals surface area (Å²) in [5.41, 5.74) is 1.25. The van der Waals surface area contributed by atoms with E-state index in [2.05, 4.69) is 0 Å². The quantitative estimate of drug-likeness (QED) is 0.397. The van der Waals surface area contributed by atoms with Crippen molar-refractivity contribution in [1.82, 2.24) is 4.90 Å². The summed E-state index contributed by atoms with van der Waals surface area (Å²) in [6.07, 6.45) is 3.33. The van der Waals surface area contributed by atoms with Crippen molar-refractivity contribution in [1.29, 1.82) is 0 Å². The second kappa shape index (κ2) is 8.98. The number of ether oxygens (including phenoxy) is 1. The number of likely N-dealkylation sites (tertiary alicyclic amines) is 1. The number of rotatable bonds is 2. The molecule has 2 amide bonds. The fourth-order valence-electron chi connectivity index (χ4n) is 5.08. The van der Waals surface area contributed by atoms with Gasteiger partial charge in [-0.2, -0.15) is 0 Å². The lowest BCUT2D eigenvalue weighted by molar-refractivity contribution is -0.130. The Morgan fingerprint density at radius 3 is 2.15 bits per heavy atom. The number of hydrogen-bond acceptors (Lipinski definition) is 3. The Labute approximate surface area is 209 Å². The van der Waals surface area contributed by atoms with Crippen molar-refractivity contribution >= 4 is 46.8 Å². The first-order valence-corrected chi connectivity index (χ1v) is 12.1. The second-order valence-corrected chi connectivity index (χ2v) is 11.0. The van der Waals surface area contributed by atoms with Crippen LogP contribution in [-0.2, 0) is 9.53 Å². The Kier molecular flexibility index (Phi) is 6.56. The lowest BCUT2D eigenvalue weighted by Gasteiger charge is -2.38. The normalized spacial score (nSPS) is 26.9. The van der Waals surface area contributed by atoms with Gasteiger partial charge < -0.3 is 4.74 Å². The zero-order valence-corrected chi connectivity index (χ0v) is 21.2. The molecule has 174 valence electrons. The van der Waals surface area contributed by atoms with E-state index in [9.17, 15) is 9.59 Å². The highest BCUT2D eigenvalue weighted by atomic mass is 35.5. The third-order valence-electron chi connectivity index (χ3n) is 6.40. The van der Waals surface area contributed by atoms with E-state index in [0.717, 1.165) is 11.1 Å². The fraction of sp³-hybridized carbons (Fsp3) is 0.385. The third-order valence-corrected chi connectivity index (χ3v) is 7.21. The molecule has 1 aliphatic carbocycles. The Hall–Kier alpha value is -2.01. The molecule has 4 rings (SSSR count). The third kappa shape index (κ3) is 4.66. The lowest BCUT2D eigenvalue weighted by Crippen LogP contribution is -2.43. The van der Waals surface area contributed by atoms with Crippen LogP contribution in [0.1, 0.15) is 50.7 Å². The first-order valence-electron chi connectivity index (χ1n) is 10.9. The Morgan fingerprint density at radius 2 is 1.55 bits per heavy atom. The molecule has 0 saturated carbocycles. The number of fused-ring (bicyclic) bond motifs is 1. The highest BCUT2D eigenvalue weighted by Gasteiger charge is 2.54. The maximum Gasteiger partial charge on any atom is 0.417 e. The van der Waals surface area contributed by atoms with Crippen LogP contribution >= 0.6 is 34.8 Å². The molecule has 0 bridgehead atoms. The van der Waals surface area contributed by atoms with Crippen LogP contribution in [0.5, 0.6) is 0 Å². The minimum absolute atomic E-state index is 0.106. The van der Waals surface area contributed by atoms with Crippen LogP contribution in [-0.4, -0.2) is 28.5 Å². The van der Waals surface area contributed by atoms with Crippen LogP contribution in [0.25, 0.3) is 0 Å². The largest absolute Gasteiger partial charge is 0.443 e. The minimum Gasteiger partial charge on any atom is -0.443 e. The summed E-state index contributed by atoms with van der Waals surface area (Å²) in [5, 5.41) is 1.76. The highest BCUT2D eigenvalue weighted by Crippen LogP contribution is 2.53. The molecule has 2 aliphatic rings. The molecule has 1 aliphatic heterocycles. The molecule has 0 unspecified atom stereocenters. The zero-order chi connectivity index (χ0) is 24.1. The van der Waals surface area contributed by atoms with Gasteiger partial charge in [-0.25, -0.2) is 9.69 Å². The SMILES string of the molecule is C[C@@H]1[C@H]2[C@@H](c3ccc(Cl)cc3)[C@H](c3ccc(Cl)cc3Cl)C=C[C@H]2C(=O)N1C(=O)OC(C)(C)C. The van der Waals surface area contributed by atoms with Crippen LogP contribution in [0, 0.1) is 11.8 Å². The van der Waals surface area contributed by atoms with E-state index in [1.54, 1.807) is 26.8 Å². The van der Waals surface area contributed by atoms with Crippen molar-refractivity contribution in [2.24, 2.45) is 11.8 Å². The van der Waals surface area contributed by atoms with Gasteiger partial charge in [0.15, 0.2) is 0 Å². The molecular formula is C26H26Cl3NO3. The van der Waals surface area contributed by atoms with Gasteiger partial charge in [-0.1, -0.05) is 65.2 Å². The molecule has 1 saturated heterocycles. The number of imide groups is 1. The molecule has 1 fully saturated rings. The van der Waals surface area contributed by atoms with Gasteiger partial charge in [0.2, 0.25) is 5.91 Å².